The van der Waals surface area contributed by atoms with E-state index < -0.39 is 5.54 Å². The molecule has 2 rings (SSSR count). The van der Waals surface area contributed by atoms with E-state index in [4.69, 9.17) is 10.5 Å². The number of morpholine rings is 1. The third kappa shape index (κ3) is 6.06. The average Bonchev–Trinajstić information content (AvgIpc) is 2.54. The Kier molecular flexibility index (Phi) is 8.70. The van der Waals surface area contributed by atoms with Crippen molar-refractivity contribution in [3.05, 3.63) is 35.4 Å². The Morgan fingerprint density at radius 3 is 2.54 bits per heavy atom. The first-order valence-electron chi connectivity index (χ1n) is 8.47. The standard InChI is InChI=1S/C18H29N3O2.ClH/c1-3-8-18(2,19)17(22)20-13-15-6-4-5-7-16(15)14-21-9-11-23-12-10-21;/h4-7H,3,8-14,19H2,1-2H3,(H,20,22);1H. The molecule has 1 aliphatic rings. The van der Waals surface area contributed by atoms with Crippen LogP contribution in [0.25, 0.3) is 0 Å². The van der Waals surface area contributed by atoms with E-state index in [-0.39, 0.29) is 18.3 Å². The molecule has 1 fully saturated rings. The molecule has 1 aromatic rings. The zero-order valence-electron chi connectivity index (χ0n) is 14.7. The number of hydrogen-bond acceptors (Lipinski definition) is 4. The van der Waals surface area contributed by atoms with Crippen molar-refractivity contribution in [3.8, 4) is 0 Å². The van der Waals surface area contributed by atoms with Crippen LogP contribution in [0.1, 0.15) is 37.8 Å². The molecule has 5 nitrogen and oxygen atoms in total. The molecule has 1 aromatic carbocycles. The highest BCUT2D eigenvalue weighted by molar-refractivity contribution is 5.85. The van der Waals surface area contributed by atoms with Gasteiger partial charge in [-0.2, -0.15) is 0 Å². The van der Waals surface area contributed by atoms with Crippen LogP contribution in [0.3, 0.4) is 0 Å². The number of ether oxygens (including phenoxy) is 1. The van der Waals surface area contributed by atoms with E-state index in [1.807, 2.05) is 19.1 Å². The van der Waals surface area contributed by atoms with E-state index in [1.54, 1.807) is 6.92 Å². The fraction of sp³-hybridized carbons (Fsp3) is 0.611. The van der Waals surface area contributed by atoms with Crippen molar-refractivity contribution in [1.29, 1.82) is 0 Å². The highest BCUT2D eigenvalue weighted by Gasteiger charge is 2.26. The van der Waals surface area contributed by atoms with Gasteiger partial charge < -0.3 is 15.8 Å². The fourth-order valence-corrected chi connectivity index (χ4v) is 2.89. The molecule has 3 N–H and O–H groups in total. The molecule has 1 aliphatic heterocycles. The lowest BCUT2D eigenvalue weighted by atomic mass is 9.96. The minimum atomic E-state index is -0.798. The maximum Gasteiger partial charge on any atom is 0.240 e. The lowest BCUT2D eigenvalue weighted by Gasteiger charge is -2.28. The monoisotopic (exact) mass is 355 g/mol. The molecule has 1 amide bonds. The van der Waals surface area contributed by atoms with Crippen LogP contribution in [0, 0.1) is 0 Å². The first kappa shape index (κ1) is 20.9. The second-order valence-corrected chi connectivity index (χ2v) is 6.51. The fourth-order valence-electron chi connectivity index (χ4n) is 2.89. The van der Waals surface area contributed by atoms with Gasteiger partial charge in [0, 0.05) is 26.2 Å². The molecule has 24 heavy (non-hydrogen) atoms. The molecule has 1 unspecified atom stereocenters. The summed E-state index contributed by atoms with van der Waals surface area (Å²) in [7, 11) is 0. The SMILES string of the molecule is CCCC(C)(N)C(=O)NCc1ccccc1CN1CCOCC1.Cl. The summed E-state index contributed by atoms with van der Waals surface area (Å²) < 4.78 is 5.39. The maximum absolute atomic E-state index is 12.3. The first-order valence-corrected chi connectivity index (χ1v) is 8.47. The van der Waals surface area contributed by atoms with Crippen molar-refractivity contribution >= 4 is 18.3 Å². The molecule has 0 aromatic heterocycles. The Hall–Kier alpha value is -1.14. The van der Waals surface area contributed by atoms with Crippen LogP contribution in [-0.4, -0.2) is 42.6 Å². The number of nitrogens with one attached hydrogen (secondary N) is 1. The minimum Gasteiger partial charge on any atom is -0.379 e. The number of carbonyl (C=O) groups is 1. The summed E-state index contributed by atoms with van der Waals surface area (Å²) in [5.74, 6) is -0.0828. The van der Waals surface area contributed by atoms with Crippen molar-refractivity contribution in [2.24, 2.45) is 5.73 Å². The average molecular weight is 356 g/mol. The Labute approximate surface area is 151 Å². The molecule has 0 radical (unpaired) electrons. The van der Waals surface area contributed by atoms with E-state index >= 15 is 0 Å². The summed E-state index contributed by atoms with van der Waals surface area (Å²) in [6.45, 7) is 8.75. The highest BCUT2D eigenvalue weighted by Crippen LogP contribution is 2.14. The van der Waals surface area contributed by atoms with Crippen molar-refractivity contribution in [1.82, 2.24) is 10.2 Å². The van der Waals surface area contributed by atoms with Crippen LogP contribution in [0.4, 0.5) is 0 Å². The minimum absolute atomic E-state index is 0. The predicted octanol–water partition coefficient (Wildman–Crippen LogP) is 2.07. The van der Waals surface area contributed by atoms with Gasteiger partial charge in [-0.3, -0.25) is 9.69 Å². The van der Waals surface area contributed by atoms with Gasteiger partial charge in [0.2, 0.25) is 5.91 Å². The van der Waals surface area contributed by atoms with Gasteiger partial charge >= 0.3 is 0 Å². The lowest BCUT2D eigenvalue weighted by molar-refractivity contribution is -0.126. The van der Waals surface area contributed by atoms with Gasteiger partial charge in [-0.15, -0.1) is 12.4 Å². The molecule has 0 aliphatic carbocycles. The zero-order valence-corrected chi connectivity index (χ0v) is 15.5. The van der Waals surface area contributed by atoms with Gasteiger partial charge in [-0.1, -0.05) is 37.6 Å². The van der Waals surface area contributed by atoms with Crippen molar-refractivity contribution in [3.63, 3.8) is 0 Å². The second kappa shape index (κ2) is 9.99. The zero-order chi connectivity index (χ0) is 16.7. The molecular weight excluding hydrogens is 326 g/mol. The molecule has 0 bridgehead atoms. The topological polar surface area (TPSA) is 67.6 Å². The smallest absolute Gasteiger partial charge is 0.240 e. The Morgan fingerprint density at radius 2 is 1.92 bits per heavy atom. The molecule has 136 valence electrons. The number of carbonyl (C=O) groups excluding carboxylic acids is 1. The lowest BCUT2D eigenvalue weighted by Crippen LogP contribution is -2.51. The predicted molar refractivity (Wildman–Crippen MR) is 99.1 cm³/mol. The Bertz CT molecular complexity index is 517. The van der Waals surface area contributed by atoms with Gasteiger partial charge in [-0.05, 0) is 24.5 Å². The van der Waals surface area contributed by atoms with Crippen LogP contribution in [0.15, 0.2) is 24.3 Å². The molecule has 1 atom stereocenters. The third-order valence-electron chi connectivity index (χ3n) is 4.34. The summed E-state index contributed by atoms with van der Waals surface area (Å²) in [5, 5.41) is 2.99. The molecule has 1 heterocycles. The van der Waals surface area contributed by atoms with E-state index in [9.17, 15) is 4.79 Å². The van der Waals surface area contributed by atoms with Gasteiger partial charge in [0.1, 0.15) is 0 Å². The summed E-state index contributed by atoms with van der Waals surface area (Å²) in [6, 6.07) is 8.26. The first-order chi connectivity index (χ1) is 11.0. The highest BCUT2D eigenvalue weighted by atomic mass is 35.5. The van der Waals surface area contributed by atoms with Crippen LogP contribution in [0.5, 0.6) is 0 Å². The summed E-state index contributed by atoms with van der Waals surface area (Å²) >= 11 is 0. The second-order valence-electron chi connectivity index (χ2n) is 6.51. The van der Waals surface area contributed by atoms with Gasteiger partial charge in [0.15, 0.2) is 0 Å². The van der Waals surface area contributed by atoms with Gasteiger partial charge in [0.05, 0.1) is 18.8 Å². The van der Waals surface area contributed by atoms with Crippen LogP contribution >= 0.6 is 12.4 Å². The molecule has 1 saturated heterocycles. The van der Waals surface area contributed by atoms with E-state index in [0.717, 1.165) is 44.8 Å². The van der Waals surface area contributed by atoms with Crippen LogP contribution < -0.4 is 11.1 Å². The third-order valence-corrected chi connectivity index (χ3v) is 4.34. The van der Waals surface area contributed by atoms with E-state index in [2.05, 4.69) is 22.3 Å². The summed E-state index contributed by atoms with van der Waals surface area (Å²) in [5.41, 5.74) is 7.70. The van der Waals surface area contributed by atoms with Crippen molar-refractivity contribution in [2.45, 2.75) is 45.3 Å². The van der Waals surface area contributed by atoms with E-state index in [1.165, 1.54) is 5.56 Å². The van der Waals surface area contributed by atoms with Crippen molar-refractivity contribution < 1.29 is 9.53 Å². The van der Waals surface area contributed by atoms with Crippen LogP contribution in [-0.2, 0) is 22.6 Å². The molecule has 0 spiro atoms. The number of nitrogens with two attached hydrogens (primary N) is 1. The van der Waals surface area contributed by atoms with E-state index in [0.29, 0.717) is 13.0 Å². The number of halogens is 1. The Morgan fingerprint density at radius 1 is 1.29 bits per heavy atom. The largest absolute Gasteiger partial charge is 0.379 e. The number of amides is 1. The molecular formula is C18H30ClN3O2. The number of hydrogen-bond donors (Lipinski definition) is 2. The van der Waals surface area contributed by atoms with Gasteiger partial charge in [0.25, 0.3) is 0 Å². The van der Waals surface area contributed by atoms with Crippen LogP contribution in [0.2, 0.25) is 0 Å². The molecule has 0 saturated carbocycles. The van der Waals surface area contributed by atoms with Gasteiger partial charge in [-0.25, -0.2) is 0 Å². The summed E-state index contributed by atoms with van der Waals surface area (Å²) in [4.78, 5) is 14.6. The normalized spacial score (nSPS) is 17.6. The molecule has 6 heteroatoms. The number of nitrogens with zero attached hydrogens (tertiary/aromatic N) is 1. The quantitative estimate of drug-likeness (QED) is 0.785. The maximum atomic E-state index is 12.3. The Balaban J connectivity index is 0.00000288. The number of rotatable bonds is 7. The number of benzene rings is 1. The summed E-state index contributed by atoms with van der Waals surface area (Å²) in [6.07, 6.45) is 1.59. The van der Waals surface area contributed by atoms with Crippen molar-refractivity contribution in [2.75, 3.05) is 26.3 Å².